The number of carbonyl (C=O) groups excluding carboxylic acids is 2. The summed E-state index contributed by atoms with van der Waals surface area (Å²) in [7, 11) is 0. The summed E-state index contributed by atoms with van der Waals surface area (Å²) < 4.78 is 12.6. The maximum absolute atomic E-state index is 14.2. The minimum Gasteiger partial charge on any atom is -0.489 e. The molecular weight excluding hydrogens is 464 g/mol. The second-order valence-electron chi connectivity index (χ2n) is 12.2. The van der Waals surface area contributed by atoms with Crippen LogP contribution in [0.4, 0.5) is 0 Å². The quantitative estimate of drug-likeness (QED) is 0.430. The van der Waals surface area contributed by atoms with Crippen molar-refractivity contribution in [3.8, 4) is 0 Å². The lowest BCUT2D eigenvalue weighted by Gasteiger charge is -2.69. The summed E-state index contributed by atoms with van der Waals surface area (Å²) in [4.78, 5) is 27.8. The molecule has 1 saturated carbocycles. The van der Waals surface area contributed by atoms with Crippen LogP contribution in [0.3, 0.4) is 0 Å². The van der Waals surface area contributed by atoms with E-state index in [1.807, 2.05) is 0 Å². The van der Waals surface area contributed by atoms with Crippen molar-refractivity contribution in [3.63, 3.8) is 0 Å². The second kappa shape index (κ2) is 7.40. The number of rotatable bonds is 4. The molecule has 1 spiro atoms. The van der Waals surface area contributed by atoms with Gasteiger partial charge < -0.3 is 29.9 Å². The molecule has 6 aliphatic rings. The number of aliphatic hydroxyl groups is 4. The first-order valence-electron chi connectivity index (χ1n) is 12.6. The van der Waals surface area contributed by atoms with Gasteiger partial charge in [0.1, 0.15) is 33.9 Å². The van der Waals surface area contributed by atoms with Gasteiger partial charge in [-0.2, -0.15) is 0 Å². The normalized spacial score (nSPS) is 46.0. The predicted molar refractivity (Wildman–Crippen MR) is 129 cm³/mol. The average Bonchev–Trinajstić information content (AvgIpc) is 2.75. The first kappa shape index (κ1) is 25.4. The summed E-state index contributed by atoms with van der Waals surface area (Å²) in [6, 6.07) is 0. The molecule has 6 rings (SSSR count). The molecule has 0 aromatic carbocycles. The molecule has 0 aromatic rings. The van der Waals surface area contributed by atoms with Gasteiger partial charge >= 0.3 is 0 Å². The van der Waals surface area contributed by atoms with Crippen molar-refractivity contribution in [1.82, 2.24) is 0 Å². The Kier molecular flexibility index (Phi) is 5.22. The standard InChI is InChI=1S/C28H36O8/c1-7-9-27(33)16(30)12-18-26(13-17(31)25(5,6)35-18)20-21-14(11-15(29)24(3,4)36-21)19(22(26)27)28(34,10-8-2)23(20)32/h7-8,12,15,17,19-20,22,29,31,33-34H,1-2,9-11,13H2,3-6H3/t15-,17-,19?,20?,22-,26+,27+,28-/m1/s1. The molecule has 0 amide bonds. The van der Waals surface area contributed by atoms with Gasteiger partial charge in [-0.1, -0.05) is 12.2 Å². The summed E-state index contributed by atoms with van der Waals surface area (Å²) in [5.74, 6) is -3.84. The van der Waals surface area contributed by atoms with E-state index in [1.54, 1.807) is 27.7 Å². The van der Waals surface area contributed by atoms with Gasteiger partial charge in [0.15, 0.2) is 11.6 Å². The zero-order chi connectivity index (χ0) is 26.6. The Labute approximate surface area is 211 Å². The molecule has 36 heavy (non-hydrogen) atoms. The summed E-state index contributed by atoms with van der Waals surface area (Å²) in [6.07, 6.45) is 2.04. The highest BCUT2D eigenvalue weighted by Crippen LogP contribution is 2.72. The van der Waals surface area contributed by atoms with Crippen molar-refractivity contribution in [3.05, 3.63) is 48.5 Å². The van der Waals surface area contributed by atoms with Crippen LogP contribution in [0.15, 0.2) is 48.5 Å². The smallest absolute Gasteiger partial charge is 0.191 e. The lowest BCUT2D eigenvalue weighted by Crippen LogP contribution is -2.77. The van der Waals surface area contributed by atoms with E-state index in [0.29, 0.717) is 11.3 Å². The van der Waals surface area contributed by atoms with E-state index in [2.05, 4.69) is 13.2 Å². The second-order valence-corrected chi connectivity index (χ2v) is 12.2. The summed E-state index contributed by atoms with van der Waals surface area (Å²) in [5.41, 5.74) is -6.90. The van der Waals surface area contributed by atoms with Crippen molar-refractivity contribution in [1.29, 1.82) is 0 Å². The van der Waals surface area contributed by atoms with Crippen LogP contribution in [0, 0.1) is 23.2 Å². The fourth-order valence-corrected chi connectivity index (χ4v) is 7.54. The third kappa shape index (κ3) is 2.84. The average molecular weight is 501 g/mol. The summed E-state index contributed by atoms with van der Waals surface area (Å²) in [5, 5.41) is 46.2. The maximum atomic E-state index is 14.2. The van der Waals surface area contributed by atoms with Crippen LogP contribution in [0.1, 0.15) is 53.4 Å². The number of ether oxygens (including phenoxy) is 2. The van der Waals surface area contributed by atoms with Crippen molar-refractivity contribution >= 4 is 11.6 Å². The van der Waals surface area contributed by atoms with Crippen LogP contribution in [0.5, 0.6) is 0 Å². The third-order valence-corrected chi connectivity index (χ3v) is 9.43. The van der Waals surface area contributed by atoms with Crippen molar-refractivity contribution in [2.75, 3.05) is 0 Å². The van der Waals surface area contributed by atoms with Crippen molar-refractivity contribution < 1.29 is 39.5 Å². The van der Waals surface area contributed by atoms with E-state index in [4.69, 9.17) is 9.47 Å². The van der Waals surface area contributed by atoms with Crippen LogP contribution in [-0.2, 0) is 19.1 Å². The fourth-order valence-electron chi connectivity index (χ4n) is 7.54. The SMILES string of the molecule is C=CC[C@]1(O)C(=O)C2C3=C(C[C@@H](O)C(C)(C)O3)C1[C@@H]1[C@]23C[C@@H](O)C(C)(C)OC3=CC(=O)[C@@]1(O)CC=C. The molecule has 196 valence electrons. The van der Waals surface area contributed by atoms with Gasteiger partial charge in [0.25, 0.3) is 0 Å². The third-order valence-electron chi connectivity index (χ3n) is 9.43. The van der Waals surface area contributed by atoms with E-state index < -0.39 is 69.3 Å². The van der Waals surface area contributed by atoms with Gasteiger partial charge in [0.05, 0.1) is 23.5 Å². The van der Waals surface area contributed by atoms with Crippen LogP contribution < -0.4 is 0 Å². The summed E-state index contributed by atoms with van der Waals surface area (Å²) in [6.45, 7) is 14.3. The van der Waals surface area contributed by atoms with Gasteiger partial charge in [-0.3, -0.25) is 9.59 Å². The van der Waals surface area contributed by atoms with E-state index in [0.717, 1.165) is 0 Å². The molecule has 8 heteroatoms. The molecule has 2 fully saturated rings. The Morgan fingerprint density at radius 3 is 2.17 bits per heavy atom. The molecule has 8 atom stereocenters. The number of ketones is 2. The zero-order valence-corrected chi connectivity index (χ0v) is 21.3. The van der Waals surface area contributed by atoms with E-state index >= 15 is 0 Å². The van der Waals surface area contributed by atoms with E-state index in [-0.39, 0.29) is 31.4 Å². The molecule has 0 aromatic heterocycles. The van der Waals surface area contributed by atoms with Crippen LogP contribution in [0.2, 0.25) is 0 Å². The largest absolute Gasteiger partial charge is 0.489 e. The number of aliphatic hydroxyl groups excluding tert-OH is 2. The number of fused-ring (bicyclic) bond motifs is 1. The highest BCUT2D eigenvalue weighted by molar-refractivity contribution is 6.03. The van der Waals surface area contributed by atoms with E-state index in [1.165, 1.54) is 18.2 Å². The zero-order valence-electron chi connectivity index (χ0n) is 21.3. The lowest BCUT2D eigenvalue weighted by molar-refractivity contribution is -0.252. The molecule has 2 unspecified atom stereocenters. The van der Waals surface area contributed by atoms with Gasteiger partial charge in [-0.25, -0.2) is 0 Å². The topological polar surface area (TPSA) is 134 Å². The number of Topliss-reactive ketones (excluding diaryl/α,β-unsaturated/α-hetero) is 1. The monoisotopic (exact) mass is 500 g/mol. The number of carbonyl (C=O) groups is 2. The minimum absolute atomic E-state index is 0.0173. The first-order valence-corrected chi connectivity index (χ1v) is 12.6. The Balaban J connectivity index is 1.87. The van der Waals surface area contributed by atoms with Crippen LogP contribution >= 0.6 is 0 Å². The Hall–Kier alpha value is -2.26. The maximum Gasteiger partial charge on any atom is 0.191 e. The summed E-state index contributed by atoms with van der Waals surface area (Å²) >= 11 is 0. The highest BCUT2D eigenvalue weighted by atomic mass is 16.5. The highest BCUT2D eigenvalue weighted by Gasteiger charge is 2.79. The molecule has 0 radical (unpaired) electrons. The van der Waals surface area contributed by atoms with Gasteiger partial charge in [0.2, 0.25) is 0 Å². The molecule has 2 aliphatic heterocycles. The Bertz CT molecular complexity index is 1130. The first-order chi connectivity index (χ1) is 16.6. The fraction of sp³-hybridized carbons (Fsp3) is 0.643. The lowest BCUT2D eigenvalue weighted by atomic mass is 9.37. The molecule has 2 bridgehead atoms. The number of allylic oxidation sites excluding steroid dienone is 2. The van der Waals surface area contributed by atoms with Gasteiger partial charge in [-0.15, -0.1) is 13.2 Å². The molecular formula is C28H36O8. The van der Waals surface area contributed by atoms with Crippen LogP contribution in [0.25, 0.3) is 0 Å². The molecule has 1 saturated heterocycles. The predicted octanol–water partition coefficient (Wildman–Crippen LogP) is 1.87. The molecule has 4 N–H and O–H groups in total. The number of hydrogen-bond acceptors (Lipinski definition) is 8. The van der Waals surface area contributed by atoms with Crippen molar-refractivity contribution in [2.45, 2.75) is 88.0 Å². The van der Waals surface area contributed by atoms with Gasteiger partial charge in [0, 0.05) is 37.2 Å². The van der Waals surface area contributed by atoms with Crippen molar-refractivity contribution in [2.24, 2.45) is 23.2 Å². The minimum atomic E-state index is -2.02. The van der Waals surface area contributed by atoms with E-state index in [9.17, 15) is 30.0 Å². The Morgan fingerprint density at radius 1 is 0.972 bits per heavy atom. The molecule has 2 heterocycles. The van der Waals surface area contributed by atoms with Gasteiger partial charge in [-0.05, 0) is 39.7 Å². The molecule has 8 nitrogen and oxygen atoms in total. The van der Waals surface area contributed by atoms with Crippen LogP contribution in [-0.4, -0.2) is 66.6 Å². The Morgan fingerprint density at radius 2 is 1.56 bits per heavy atom. The molecule has 4 aliphatic carbocycles. The number of hydrogen-bond donors (Lipinski definition) is 4.